The van der Waals surface area contributed by atoms with Crippen LogP contribution in [0.15, 0.2) is 12.1 Å². The Bertz CT molecular complexity index is 563. The van der Waals surface area contributed by atoms with E-state index in [-0.39, 0.29) is 11.4 Å². The van der Waals surface area contributed by atoms with Crippen molar-refractivity contribution >= 4 is 28.9 Å². The maximum absolute atomic E-state index is 13.2. The number of aliphatic hydroxyl groups is 1. The fourth-order valence-corrected chi connectivity index (χ4v) is 3.62. The summed E-state index contributed by atoms with van der Waals surface area (Å²) < 4.78 is 39.6. The number of rotatable bonds is 0. The van der Waals surface area contributed by atoms with Crippen LogP contribution in [0.2, 0.25) is 10.0 Å². The van der Waals surface area contributed by atoms with Crippen LogP contribution in [0.5, 0.6) is 0 Å². The van der Waals surface area contributed by atoms with Gasteiger partial charge in [-0.05, 0) is 37.0 Å². The number of hydrogen-bond donors (Lipinski definition) is 2. The maximum Gasteiger partial charge on any atom is 0.419 e. The van der Waals surface area contributed by atoms with Gasteiger partial charge >= 0.3 is 6.18 Å². The Morgan fingerprint density at radius 3 is 2.55 bits per heavy atom. The van der Waals surface area contributed by atoms with E-state index >= 15 is 0 Å². The minimum Gasteiger partial charge on any atom is -0.379 e. The molecule has 1 aliphatic carbocycles. The molecular weight excluding hydrogens is 314 g/mol. The molecule has 110 valence electrons. The van der Waals surface area contributed by atoms with E-state index in [0.29, 0.717) is 29.1 Å². The number of hydrogen-bond acceptors (Lipinski definition) is 2. The van der Waals surface area contributed by atoms with Crippen molar-refractivity contribution < 1.29 is 18.3 Å². The quantitative estimate of drug-likeness (QED) is 0.743. The second kappa shape index (κ2) is 4.42. The third-order valence-electron chi connectivity index (χ3n) is 4.28. The van der Waals surface area contributed by atoms with Crippen LogP contribution in [0.3, 0.4) is 0 Å². The third kappa shape index (κ3) is 1.90. The zero-order chi connectivity index (χ0) is 14.7. The SMILES string of the molecule is OC1(C(F)(F)F)CCCC2c3cc(Cl)c(Cl)cc3NC21. The van der Waals surface area contributed by atoms with Crippen molar-refractivity contribution in [1.29, 1.82) is 0 Å². The molecule has 1 fully saturated rings. The number of benzene rings is 1. The van der Waals surface area contributed by atoms with Crippen LogP contribution in [0.4, 0.5) is 18.9 Å². The molecule has 3 unspecified atom stereocenters. The Hall–Kier alpha value is -0.650. The minimum absolute atomic E-state index is 0.284. The van der Waals surface area contributed by atoms with E-state index < -0.39 is 23.7 Å². The van der Waals surface area contributed by atoms with Gasteiger partial charge in [0.2, 0.25) is 0 Å². The second-order valence-electron chi connectivity index (χ2n) is 5.40. The third-order valence-corrected chi connectivity index (χ3v) is 5.01. The number of halogens is 5. The molecule has 20 heavy (non-hydrogen) atoms. The summed E-state index contributed by atoms with van der Waals surface area (Å²) in [7, 11) is 0. The molecule has 3 rings (SSSR count). The first-order valence-electron chi connectivity index (χ1n) is 6.28. The van der Waals surface area contributed by atoms with Crippen molar-refractivity contribution in [3.05, 3.63) is 27.7 Å². The van der Waals surface area contributed by atoms with E-state index in [0.717, 1.165) is 0 Å². The first kappa shape index (κ1) is 14.3. The van der Waals surface area contributed by atoms with Crippen molar-refractivity contribution in [2.24, 2.45) is 0 Å². The lowest BCUT2D eigenvalue weighted by atomic mass is 9.72. The van der Waals surface area contributed by atoms with E-state index in [4.69, 9.17) is 23.2 Å². The lowest BCUT2D eigenvalue weighted by Gasteiger charge is -2.42. The Morgan fingerprint density at radius 2 is 1.90 bits per heavy atom. The van der Waals surface area contributed by atoms with Gasteiger partial charge in [0, 0.05) is 11.6 Å². The largest absolute Gasteiger partial charge is 0.419 e. The van der Waals surface area contributed by atoms with E-state index in [1.54, 1.807) is 6.07 Å². The van der Waals surface area contributed by atoms with E-state index in [2.05, 4.69) is 5.32 Å². The molecule has 0 bridgehead atoms. The Balaban J connectivity index is 2.05. The second-order valence-corrected chi connectivity index (χ2v) is 6.21. The Kier molecular flexibility index (Phi) is 3.16. The molecule has 2 aliphatic rings. The minimum atomic E-state index is -4.67. The average Bonchev–Trinajstić information content (AvgIpc) is 2.68. The van der Waals surface area contributed by atoms with Crippen molar-refractivity contribution in [3.8, 4) is 0 Å². The molecule has 0 amide bonds. The van der Waals surface area contributed by atoms with Gasteiger partial charge in [0.1, 0.15) is 0 Å². The van der Waals surface area contributed by atoms with Crippen molar-refractivity contribution in [1.82, 2.24) is 0 Å². The first-order chi connectivity index (χ1) is 9.24. The van der Waals surface area contributed by atoms with Gasteiger partial charge in [-0.15, -0.1) is 0 Å². The van der Waals surface area contributed by atoms with Crippen LogP contribution in [0.25, 0.3) is 0 Å². The summed E-state index contributed by atoms with van der Waals surface area (Å²) in [4.78, 5) is 0. The summed E-state index contributed by atoms with van der Waals surface area (Å²) in [5.41, 5.74) is -1.49. The molecule has 3 atom stereocenters. The van der Waals surface area contributed by atoms with Crippen LogP contribution in [0.1, 0.15) is 30.7 Å². The Labute approximate surface area is 123 Å². The highest BCUT2D eigenvalue weighted by Gasteiger charge is 2.63. The molecule has 1 aliphatic heterocycles. The van der Waals surface area contributed by atoms with Gasteiger partial charge in [-0.25, -0.2) is 0 Å². The van der Waals surface area contributed by atoms with E-state index in [1.807, 2.05) is 0 Å². The molecule has 1 aromatic carbocycles. The summed E-state index contributed by atoms with van der Waals surface area (Å²) in [6.07, 6.45) is -4.06. The van der Waals surface area contributed by atoms with Crippen LogP contribution < -0.4 is 5.32 Å². The molecule has 1 saturated carbocycles. The highest BCUT2D eigenvalue weighted by atomic mass is 35.5. The average molecular weight is 326 g/mol. The molecule has 0 aromatic heterocycles. The zero-order valence-electron chi connectivity index (χ0n) is 10.3. The highest BCUT2D eigenvalue weighted by Crippen LogP contribution is 2.53. The van der Waals surface area contributed by atoms with Gasteiger partial charge in [0.15, 0.2) is 5.60 Å². The summed E-state index contributed by atoms with van der Waals surface area (Å²) >= 11 is 11.8. The highest BCUT2D eigenvalue weighted by molar-refractivity contribution is 6.42. The Morgan fingerprint density at radius 1 is 1.25 bits per heavy atom. The topological polar surface area (TPSA) is 32.3 Å². The van der Waals surface area contributed by atoms with Crippen LogP contribution in [0, 0.1) is 0 Å². The molecule has 0 spiro atoms. The van der Waals surface area contributed by atoms with Crippen LogP contribution in [-0.2, 0) is 0 Å². The van der Waals surface area contributed by atoms with Gasteiger partial charge in [0.05, 0.1) is 16.1 Å². The van der Waals surface area contributed by atoms with Crippen molar-refractivity contribution in [2.45, 2.75) is 43.0 Å². The van der Waals surface area contributed by atoms with E-state index in [9.17, 15) is 18.3 Å². The predicted octanol–water partition coefficient (Wildman–Crippen LogP) is 4.35. The van der Waals surface area contributed by atoms with Crippen molar-refractivity contribution in [2.75, 3.05) is 5.32 Å². The van der Waals surface area contributed by atoms with Gasteiger partial charge < -0.3 is 10.4 Å². The van der Waals surface area contributed by atoms with E-state index in [1.165, 1.54) is 6.07 Å². The monoisotopic (exact) mass is 325 g/mol. The molecule has 2 N–H and O–H groups in total. The number of alkyl halides is 3. The van der Waals surface area contributed by atoms with Crippen molar-refractivity contribution in [3.63, 3.8) is 0 Å². The van der Waals surface area contributed by atoms with Gasteiger partial charge in [-0.1, -0.05) is 23.2 Å². The fraction of sp³-hybridized carbons (Fsp3) is 0.538. The van der Waals surface area contributed by atoms with Gasteiger partial charge in [0.25, 0.3) is 0 Å². The van der Waals surface area contributed by atoms with Crippen LogP contribution in [-0.4, -0.2) is 22.9 Å². The van der Waals surface area contributed by atoms with Crippen LogP contribution >= 0.6 is 23.2 Å². The molecule has 2 nitrogen and oxygen atoms in total. The summed E-state index contributed by atoms with van der Waals surface area (Å²) in [5, 5.41) is 13.5. The number of nitrogens with one attached hydrogen (secondary N) is 1. The summed E-state index contributed by atoms with van der Waals surface area (Å²) in [6.45, 7) is 0. The standard InChI is InChI=1S/C13H12Cl2F3NO/c14-8-4-7-6-2-1-3-12(20,13(16,17)18)11(6)19-10(7)5-9(8)15/h4-6,11,19-20H,1-3H2. The lowest BCUT2D eigenvalue weighted by molar-refractivity contribution is -0.274. The number of anilines is 1. The predicted molar refractivity (Wildman–Crippen MR) is 71.5 cm³/mol. The molecular formula is C13H12Cl2F3NO. The molecule has 1 heterocycles. The summed E-state index contributed by atoms with van der Waals surface area (Å²) in [6, 6.07) is 2.04. The van der Waals surface area contributed by atoms with Gasteiger partial charge in [-0.2, -0.15) is 13.2 Å². The normalized spacial score (nSPS) is 32.5. The molecule has 0 radical (unpaired) electrons. The first-order valence-corrected chi connectivity index (χ1v) is 7.04. The lowest BCUT2D eigenvalue weighted by Crippen LogP contribution is -2.59. The summed E-state index contributed by atoms with van der Waals surface area (Å²) in [5.74, 6) is -0.403. The fourth-order valence-electron chi connectivity index (χ4n) is 3.28. The maximum atomic E-state index is 13.2. The zero-order valence-corrected chi connectivity index (χ0v) is 11.8. The molecule has 1 aromatic rings. The smallest absolute Gasteiger partial charge is 0.379 e. The number of fused-ring (bicyclic) bond motifs is 3. The molecule has 7 heteroatoms. The molecule has 0 saturated heterocycles. The van der Waals surface area contributed by atoms with Gasteiger partial charge in [-0.3, -0.25) is 0 Å².